The largest absolute Gasteiger partial charge is 0.465 e. The molecule has 0 bridgehead atoms. The Morgan fingerprint density at radius 2 is 1.26 bits per heavy atom. The molecule has 0 aromatic heterocycles. The van der Waals surface area contributed by atoms with Crippen LogP contribution in [0, 0.1) is 12.3 Å². The van der Waals surface area contributed by atoms with E-state index in [1.54, 1.807) is 0 Å². The SMILES string of the molecule is CCCCCCCCCCCCCCCCCCOC(=O)C1C=C[CH]CC1. The molecular weight excluding hydrogens is 332 g/mol. The van der Waals surface area contributed by atoms with Crippen LogP contribution in [0.2, 0.25) is 0 Å². The number of hydrogen-bond donors (Lipinski definition) is 0. The zero-order valence-corrected chi connectivity index (χ0v) is 18.1. The fraction of sp³-hybridized carbons (Fsp3) is 0.840. The molecule has 0 spiro atoms. The topological polar surface area (TPSA) is 26.3 Å². The van der Waals surface area contributed by atoms with Gasteiger partial charge < -0.3 is 4.74 Å². The molecule has 0 heterocycles. The number of ether oxygens (including phenoxy) is 1. The molecule has 1 radical (unpaired) electrons. The summed E-state index contributed by atoms with van der Waals surface area (Å²) in [6.45, 7) is 2.89. The molecule has 2 heteroatoms. The van der Waals surface area contributed by atoms with Crippen LogP contribution in [-0.2, 0) is 9.53 Å². The van der Waals surface area contributed by atoms with E-state index in [1.165, 1.54) is 96.3 Å². The molecule has 27 heavy (non-hydrogen) atoms. The second-order valence-corrected chi connectivity index (χ2v) is 8.28. The van der Waals surface area contributed by atoms with E-state index in [0.717, 1.165) is 19.3 Å². The normalized spacial score (nSPS) is 16.6. The number of rotatable bonds is 18. The first-order valence-corrected chi connectivity index (χ1v) is 12.0. The summed E-state index contributed by atoms with van der Waals surface area (Å²) in [6, 6.07) is 0. The lowest BCUT2D eigenvalue weighted by Crippen LogP contribution is -2.18. The summed E-state index contributed by atoms with van der Waals surface area (Å²) >= 11 is 0. The number of carbonyl (C=O) groups is 1. The molecular formula is C25H45O2. The van der Waals surface area contributed by atoms with E-state index >= 15 is 0 Å². The van der Waals surface area contributed by atoms with Crippen LogP contribution in [0.25, 0.3) is 0 Å². The second kappa shape index (κ2) is 18.6. The molecule has 157 valence electrons. The molecule has 0 aromatic carbocycles. The Balaban J connectivity index is 1.72. The van der Waals surface area contributed by atoms with Crippen molar-refractivity contribution in [3.8, 4) is 0 Å². The Morgan fingerprint density at radius 3 is 1.70 bits per heavy atom. The molecule has 1 rings (SSSR count). The van der Waals surface area contributed by atoms with Gasteiger partial charge >= 0.3 is 5.97 Å². The summed E-state index contributed by atoms with van der Waals surface area (Å²) < 4.78 is 5.40. The molecule has 1 unspecified atom stereocenters. The van der Waals surface area contributed by atoms with E-state index in [4.69, 9.17) is 4.74 Å². The highest BCUT2D eigenvalue weighted by Crippen LogP contribution is 2.18. The van der Waals surface area contributed by atoms with Crippen molar-refractivity contribution in [1.82, 2.24) is 0 Å². The van der Waals surface area contributed by atoms with E-state index in [0.29, 0.717) is 6.61 Å². The number of unbranched alkanes of at least 4 members (excludes halogenated alkanes) is 15. The van der Waals surface area contributed by atoms with Gasteiger partial charge in [-0.05, 0) is 25.7 Å². The molecule has 0 aliphatic heterocycles. The van der Waals surface area contributed by atoms with Gasteiger partial charge in [0.25, 0.3) is 0 Å². The second-order valence-electron chi connectivity index (χ2n) is 8.28. The number of esters is 1. The van der Waals surface area contributed by atoms with E-state index < -0.39 is 0 Å². The van der Waals surface area contributed by atoms with Crippen molar-refractivity contribution in [2.75, 3.05) is 6.61 Å². The Morgan fingerprint density at radius 1 is 0.778 bits per heavy atom. The predicted octanol–water partition coefficient (Wildman–Crippen LogP) is 7.96. The fourth-order valence-electron chi connectivity index (χ4n) is 3.81. The Bertz CT molecular complexity index is 361. The maximum Gasteiger partial charge on any atom is 0.312 e. The smallest absolute Gasteiger partial charge is 0.312 e. The van der Waals surface area contributed by atoms with Crippen LogP contribution >= 0.6 is 0 Å². The molecule has 0 fully saturated rings. The third-order valence-corrected chi connectivity index (χ3v) is 5.67. The first-order valence-electron chi connectivity index (χ1n) is 12.0. The lowest BCUT2D eigenvalue weighted by molar-refractivity contribution is -0.147. The van der Waals surface area contributed by atoms with E-state index in [9.17, 15) is 4.79 Å². The van der Waals surface area contributed by atoms with Gasteiger partial charge in [0, 0.05) is 0 Å². The van der Waals surface area contributed by atoms with Gasteiger partial charge in [-0.15, -0.1) is 0 Å². The molecule has 1 atom stereocenters. The summed E-state index contributed by atoms with van der Waals surface area (Å²) in [4.78, 5) is 11.9. The van der Waals surface area contributed by atoms with Crippen LogP contribution in [0.3, 0.4) is 0 Å². The van der Waals surface area contributed by atoms with Crippen LogP contribution < -0.4 is 0 Å². The van der Waals surface area contributed by atoms with Crippen LogP contribution in [0.4, 0.5) is 0 Å². The Labute approximate surface area is 169 Å². The zero-order valence-electron chi connectivity index (χ0n) is 18.1. The molecule has 0 saturated heterocycles. The first-order chi connectivity index (χ1) is 13.3. The molecule has 1 aliphatic carbocycles. The molecule has 1 aliphatic rings. The Kier molecular flexibility index (Phi) is 16.7. The molecule has 0 saturated carbocycles. The fourth-order valence-corrected chi connectivity index (χ4v) is 3.81. The number of allylic oxidation sites excluding steroid dienone is 1. The predicted molar refractivity (Wildman–Crippen MR) is 117 cm³/mol. The minimum Gasteiger partial charge on any atom is -0.465 e. The molecule has 0 amide bonds. The van der Waals surface area contributed by atoms with E-state index in [-0.39, 0.29) is 11.9 Å². The molecule has 0 N–H and O–H groups in total. The van der Waals surface area contributed by atoms with Crippen molar-refractivity contribution >= 4 is 5.97 Å². The molecule has 0 aromatic rings. The average Bonchev–Trinajstić information content (AvgIpc) is 2.70. The van der Waals surface area contributed by atoms with Crippen LogP contribution in [0.15, 0.2) is 12.2 Å². The highest BCUT2D eigenvalue weighted by Gasteiger charge is 2.18. The van der Waals surface area contributed by atoms with Crippen molar-refractivity contribution < 1.29 is 9.53 Å². The number of hydrogen-bond acceptors (Lipinski definition) is 2. The lowest BCUT2D eigenvalue weighted by Gasteiger charge is -2.14. The monoisotopic (exact) mass is 377 g/mol. The van der Waals surface area contributed by atoms with Gasteiger partial charge in [0.05, 0.1) is 12.5 Å². The summed E-state index contributed by atoms with van der Waals surface area (Å²) in [7, 11) is 0. The van der Waals surface area contributed by atoms with Crippen LogP contribution in [-0.4, -0.2) is 12.6 Å². The molecule has 2 nitrogen and oxygen atoms in total. The summed E-state index contributed by atoms with van der Waals surface area (Å²) in [5, 5.41) is 0. The van der Waals surface area contributed by atoms with Gasteiger partial charge in [-0.25, -0.2) is 0 Å². The maximum atomic E-state index is 11.9. The van der Waals surface area contributed by atoms with E-state index in [2.05, 4.69) is 13.3 Å². The van der Waals surface area contributed by atoms with Crippen molar-refractivity contribution in [2.24, 2.45) is 5.92 Å². The maximum absolute atomic E-state index is 11.9. The quantitative estimate of drug-likeness (QED) is 0.179. The van der Waals surface area contributed by atoms with Crippen LogP contribution in [0.1, 0.15) is 122 Å². The standard InChI is InChI=1S/C25H45O2/c1-2-3-4-5-6-7-8-9-10-11-12-13-14-15-16-20-23-27-25(26)24-21-18-17-19-22-24/h17-18,21,24H,2-16,19-20,22-23H2,1H3. The van der Waals surface area contributed by atoms with Crippen molar-refractivity contribution in [2.45, 2.75) is 122 Å². The van der Waals surface area contributed by atoms with Crippen molar-refractivity contribution in [1.29, 1.82) is 0 Å². The third-order valence-electron chi connectivity index (χ3n) is 5.67. The summed E-state index contributed by atoms with van der Waals surface area (Å²) in [5.74, 6) is -0.0311. The number of carbonyl (C=O) groups excluding carboxylic acids is 1. The summed E-state index contributed by atoms with van der Waals surface area (Å²) in [5.41, 5.74) is 0. The van der Waals surface area contributed by atoms with Gasteiger partial charge in [-0.2, -0.15) is 0 Å². The summed E-state index contributed by atoms with van der Waals surface area (Å²) in [6.07, 6.45) is 29.9. The van der Waals surface area contributed by atoms with Gasteiger partial charge in [-0.1, -0.05) is 115 Å². The lowest BCUT2D eigenvalue weighted by atomic mass is 9.96. The van der Waals surface area contributed by atoms with Gasteiger partial charge in [0.15, 0.2) is 0 Å². The van der Waals surface area contributed by atoms with Crippen molar-refractivity contribution in [3.63, 3.8) is 0 Å². The van der Waals surface area contributed by atoms with Crippen LogP contribution in [0.5, 0.6) is 0 Å². The Hall–Kier alpha value is -0.790. The zero-order chi connectivity index (χ0) is 19.4. The minimum atomic E-state index is -0.0275. The van der Waals surface area contributed by atoms with Gasteiger partial charge in [0.2, 0.25) is 0 Å². The minimum absolute atomic E-state index is 0.00365. The first kappa shape index (κ1) is 24.2. The average molecular weight is 378 g/mol. The van der Waals surface area contributed by atoms with Gasteiger partial charge in [0.1, 0.15) is 0 Å². The third kappa shape index (κ3) is 14.9. The highest BCUT2D eigenvalue weighted by molar-refractivity contribution is 5.74. The van der Waals surface area contributed by atoms with Gasteiger partial charge in [-0.3, -0.25) is 4.79 Å². The van der Waals surface area contributed by atoms with E-state index in [1.807, 2.05) is 12.2 Å². The van der Waals surface area contributed by atoms with Crippen molar-refractivity contribution in [3.05, 3.63) is 18.6 Å². The highest BCUT2D eigenvalue weighted by atomic mass is 16.5.